The molecular formula is C28H44N4O. The zero-order chi connectivity index (χ0) is 24.4. The Morgan fingerprint density at radius 1 is 1.06 bits per heavy atom. The summed E-state index contributed by atoms with van der Waals surface area (Å²) >= 11 is 0. The van der Waals surface area contributed by atoms with Crippen LogP contribution in [-0.4, -0.2) is 26.7 Å². The summed E-state index contributed by atoms with van der Waals surface area (Å²) in [7, 11) is 0. The molecule has 1 amide bonds. The molecule has 1 heterocycles. The van der Waals surface area contributed by atoms with Gasteiger partial charge in [0.05, 0.1) is 0 Å². The first-order valence-electron chi connectivity index (χ1n) is 12.8. The molecule has 5 nitrogen and oxygen atoms in total. The highest BCUT2D eigenvalue weighted by Gasteiger charge is 2.28. The molecule has 3 rings (SSSR count). The Morgan fingerprint density at radius 3 is 2.15 bits per heavy atom. The second-order valence-corrected chi connectivity index (χ2v) is 11.9. The lowest BCUT2D eigenvalue weighted by Gasteiger charge is -2.26. The number of carbonyl (C=O) groups excluding carboxylic acids is 1. The Bertz CT molecular complexity index is 925. The molecule has 1 aliphatic carbocycles. The van der Waals surface area contributed by atoms with Gasteiger partial charge < -0.3 is 5.32 Å². The van der Waals surface area contributed by atoms with E-state index in [2.05, 4.69) is 78.9 Å². The zero-order valence-corrected chi connectivity index (χ0v) is 22.1. The van der Waals surface area contributed by atoms with Gasteiger partial charge >= 0.3 is 0 Å². The number of hydrogen-bond donors (Lipinski definition) is 1. The number of unbranched alkanes of at least 4 members (excludes halogenated alkanes) is 1. The molecule has 1 fully saturated rings. The molecule has 0 aliphatic heterocycles. The minimum atomic E-state index is -0.151. The van der Waals surface area contributed by atoms with Gasteiger partial charge in [0.2, 0.25) is 5.82 Å². The van der Waals surface area contributed by atoms with Gasteiger partial charge in [0, 0.05) is 18.2 Å². The number of amides is 1. The number of benzene rings is 1. The molecule has 1 atom stereocenters. The first kappa shape index (κ1) is 25.5. The van der Waals surface area contributed by atoms with Crippen LogP contribution in [0.15, 0.2) is 18.2 Å². The summed E-state index contributed by atoms with van der Waals surface area (Å²) in [5.41, 5.74) is 3.64. The van der Waals surface area contributed by atoms with E-state index in [0.717, 1.165) is 37.2 Å². The van der Waals surface area contributed by atoms with Gasteiger partial charge in [0.25, 0.3) is 5.91 Å². The highest BCUT2D eigenvalue weighted by Crippen LogP contribution is 2.34. The molecule has 1 N–H and O–H groups in total. The topological polar surface area (TPSA) is 59.8 Å². The lowest BCUT2D eigenvalue weighted by molar-refractivity contribution is 0.0940. The summed E-state index contributed by atoms with van der Waals surface area (Å²) in [6.07, 6.45) is 6.78. The normalized spacial score (nSPS) is 15.5. The third-order valence-electron chi connectivity index (χ3n) is 6.69. The molecule has 1 aromatic heterocycles. The van der Waals surface area contributed by atoms with Gasteiger partial charge in [-0.3, -0.25) is 4.79 Å². The second-order valence-electron chi connectivity index (χ2n) is 11.9. The van der Waals surface area contributed by atoms with E-state index < -0.39 is 0 Å². The summed E-state index contributed by atoms with van der Waals surface area (Å²) in [4.78, 5) is 17.6. The van der Waals surface area contributed by atoms with E-state index in [9.17, 15) is 4.79 Å². The van der Waals surface area contributed by atoms with E-state index in [-0.39, 0.29) is 22.8 Å². The molecule has 182 valence electrons. The quantitative estimate of drug-likeness (QED) is 0.463. The summed E-state index contributed by atoms with van der Waals surface area (Å²) < 4.78 is 2.00. The Morgan fingerprint density at radius 2 is 1.67 bits per heavy atom. The molecule has 0 radical (unpaired) electrons. The number of nitrogens with zero attached hydrogens (tertiary/aromatic N) is 3. The average Bonchev–Trinajstić information content (AvgIpc) is 3.45. The van der Waals surface area contributed by atoms with Crippen molar-refractivity contribution in [2.45, 2.75) is 117 Å². The van der Waals surface area contributed by atoms with Crippen molar-refractivity contribution in [3.05, 3.63) is 35.2 Å². The zero-order valence-electron chi connectivity index (χ0n) is 22.1. The number of hydrogen-bond acceptors (Lipinski definition) is 3. The standard InChI is InChI=1S/C28H44N4O/c1-9-11-12-19(10-2)18-32-25(30-24(31-32)26(33)29-23-13-14-23)20-15-21(27(3,4)5)17-22(16-20)28(6,7)8/h15-17,19,23H,9-14,18H2,1-8H3,(H,29,33). The van der Waals surface area contributed by atoms with Crippen molar-refractivity contribution in [2.75, 3.05) is 0 Å². The van der Waals surface area contributed by atoms with Crippen molar-refractivity contribution in [3.63, 3.8) is 0 Å². The van der Waals surface area contributed by atoms with Crippen LogP contribution in [0, 0.1) is 5.92 Å². The van der Waals surface area contributed by atoms with Crippen LogP contribution in [0.1, 0.15) is 116 Å². The summed E-state index contributed by atoms with van der Waals surface area (Å²) in [5.74, 6) is 1.47. The maximum Gasteiger partial charge on any atom is 0.291 e. The van der Waals surface area contributed by atoms with E-state index in [1.165, 1.54) is 30.4 Å². The monoisotopic (exact) mass is 452 g/mol. The molecule has 0 bridgehead atoms. The minimum absolute atomic E-state index is 0.0140. The maximum absolute atomic E-state index is 12.8. The Labute approximate surface area is 200 Å². The van der Waals surface area contributed by atoms with Crippen LogP contribution in [0.3, 0.4) is 0 Å². The number of nitrogens with one attached hydrogen (secondary N) is 1. The summed E-state index contributed by atoms with van der Waals surface area (Å²) in [6.45, 7) is 18.7. The van der Waals surface area contributed by atoms with Crippen LogP contribution in [0.25, 0.3) is 11.4 Å². The Balaban J connectivity index is 2.08. The lowest BCUT2D eigenvalue weighted by atomic mass is 9.79. The largest absolute Gasteiger partial charge is 0.347 e. The van der Waals surface area contributed by atoms with Crippen molar-refractivity contribution in [1.82, 2.24) is 20.1 Å². The van der Waals surface area contributed by atoms with E-state index in [1.54, 1.807) is 0 Å². The van der Waals surface area contributed by atoms with E-state index in [0.29, 0.717) is 11.7 Å². The molecule has 1 aromatic carbocycles. The van der Waals surface area contributed by atoms with Gasteiger partial charge in [-0.15, -0.1) is 5.10 Å². The second kappa shape index (κ2) is 9.99. The predicted octanol–water partition coefficient (Wildman–Crippen LogP) is 6.65. The van der Waals surface area contributed by atoms with Gasteiger partial charge in [-0.2, -0.15) is 0 Å². The lowest BCUT2D eigenvalue weighted by Crippen LogP contribution is -2.26. The highest BCUT2D eigenvalue weighted by molar-refractivity contribution is 5.91. The van der Waals surface area contributed by atoms with Gasteiger partial charge in [0.15, 0.2) is 5.82 Å². The third kappa shape index (κ3) is 6.68. The fourth-order valence-corrected chi connectivity index (χ4v) is 4.04. The van der Waals surface area contributed by atoms with Crippen LogP contribution >= 0.6 is 0 Å². The smallest absolute Gasteiger partial charge is 0.291 e. The molecule has 1 unspecified atom stereocenters. The molecule has 1 saturated carbocycles. The number of carbonyl (C=O) groups is 1. The van der Waals surface area contributed by atoms with Crippen LogP contribution in [0.2, 0.25) is 0 Å². The van der Waals surface area contributed by atoms with Gasteiger partial charge in [-0.25, -0.2) is 9.67 Å². The summed E-state index contributed by atoms with van der Waals surface area (Å²) in [5, 5.41) is 7.80. The highest BCUT2D eigenvalue weighted by atomic mass is 16.2. The fourth-order valence-electron chi connectivity index (χ4n) is 4.04. The first-order valence-corrected chi connectivity index (χ1v) is 12.8. The molecule has 5 heteroatoms. The van der Waals surface area contributed by atoms with E-state index >= 15 is 0 Å². The van der Waals surface area contributed by atoms with E-state index in [1.807, 2.05) is 4.68 Å². The third-order valence-corrected chi connectivity index (χ3v) is 6.69. The minimum Gasteiger partial charge on any atom is -0.347 e. The predicted molar refractivity (Wildman–Crippen MR) is 137 cm³/mol. The molecule has 1 aliphatic rings. The van der Waals surface area contributed by atoms with Crippen LogP contribution in [0.4, 0.5) is 0 Å². The van der Waals surface area contributed by atoms with Crippen LogP contribution in [-0.2, 0) is 17.4 Å². The molecule has 0 spiro atoms. The number of aromatic nitrogens is 3. The van der Waals surface area contributed by atoms with Gasteiger partial charge in [-0.1, -0.05) is 80.7 Å². The van der Waals surface area contributed by atoms with Crippen molar-refractivity contribution >= 4 is 5.91 Å². The Kier molecular flexibility index (Phi) is 7.70. The Hall–Kier alpha value is -2.17. The number of rotatable bonds is 9. The molecular weight excluding hydrogens is 408 g/mol. The van der Waals surface area contributed by atoms with Crippen molar-refractivity contribution in [2.24, 2.45) is 5.92 Å². The van der Waals surface area contributed by atoms with Gasteiger partial charge in [0.1, 0.15) is 0 Å². The van der Waals surface area contributed by atoms with Crippen molar-refractivity contribution < 1.29 is 4.79 Å². The molecule has 2 aromatic rings. The summed E-state index contributed by atoms with van der Waals surface area (Å²) in [6, 6.07) is 7.09. The van der Waals surface area contributed by atoms with E-state index in [4.69, 9.17) is 10.1 Å². The fraction of sp³-hybridized carbons (Fsp3) is 0.679. The molecule has 33 heavy (non-hydrogen) atoms. The van der Waals surface area contributed by atoms with Crippen molar-refractivity contribution in [1.29, 1.82) is 0 Å². The van der Waals surface area contributed by atoms with Crippen molar-refractivity contribution in [3.8, 4) is 11.4 Å². The van der Waals surface area contributed by atoms with Crippen LogP contribution in [0.5, 0.6) is 0 Å². The first-order chi connectivity index (χ1) is 15.4. The maximum atomic E-state index is 12.8. The molecule has 0 saturated heterocycles. The van der Waals surface area contributed by atoms with Crippen LogP contribution < -0.4 is 5.32 Å². The average molecular weight is 453 g/mol. The SMILES string of the molecule is CCCCC(CC)Cn1nc(C(=O)NC2CC2)nc1-c1cc(C(C)(C)C)cc(C(C)(C)C)c1. The van der Waals surface area contributed by atoms with Gasteiger partial charge in [-0.05, 0) is 59.3 Å².